The molecule has 0 amide bonds. The smallest absolute Gasteiger partial charge is 0.229 e. The molecule has 0 saturated carbocycles. The van der Waals surface area contributed by atoms with Gasteiger partial charge in [0.1, 0.15) is 5.69 Å². The van der Waals surface area contributed by atoms with E-state index in [1.54, 1.807) is 48.5 Å². The van der Waals surface area contributed by atoms with Gasteiger partial charge < -0.3 is 4.98 Å². The number of nitrogens with one attached hydrogen (secondary N) is 2. The van der Waals surface area contributed by atoms with Crippen molar-refractivity contribution in [3.8, 4) is 0 Å². The molecule has 23 heavy (non-hydrogen) atoms. The fourth-order valence-corrected chi connectivity index (χ4v) is 3.12. The molecule has 1 aromatic heterocycles. The first-order valence-electron chi connectivity index (χ1n) is 6.74. The van der Waals surface area contributed by atoms with E-state index >= 15 is 0 Å². The second kappa shape index (κ2) is 5.72. The summed E-state index contributed by atoms with van der Waals surface area (Å²) in [5.74, 6) is -0.302. The number of benzene rings is 2. The van der Waals surface area contributed by atoms with Gasteiger partial charge in [0, 0.05) is 21.5 Å². The molecule has 3 rings (SSSR count). The number of carbonyl (C=O) groups excluding carboxylic acids is 1. The second-order valence-corrected chi connectivity index (χ2v) is 7.32. The molecule has 0 aliphatic carbocycles. The number of rotatable bonds is 4. The summed E-state index contributed by atoms with van der Waals surface area (Å²) in [4.78, 5) is 15.7. The standard InChI is InChI=1S/C16H13ClN2O3S/c1-23(21,22)19-14-12-8-7-11(17)9-13(12)18-15(14)16(20)10-5-3-2-4-6-10/h2-9,18-19H,1H3. The van der Waals surface area contributed by atoms with Crippen molar-refractivity contribution in [3.05, 3.63) is 64.8 Å². The van der Waals surface area contributed by atoms with E-state index < -0.39 is 10.0 Å². The number of aromatic amines is 1. The maximum atomic E-state index is 12.7. The lowest BCUT2D eigenvalue weighted by Crippen LogP contribution is -2.13. The highest BCUT2D eigenvalue weighted by molar-refractivity contribution is 7.92. The molecule has 2 aromatic carbocycles. The lowest BCUT2D eigenvalue weighted by atomic mass is 10.1. The summed E-state index contributed by atoms with van der Waals surface area (Å²) in [5, 5.41) is 1.07. The van der Waals surface area contributed by atoms with Crippen molar-refractivity contribution in [1.29, 1.82) is 0 Å². The van der Waals surface area contributed by atoms with Crippen molar-refractivity contribution < 1.29 is 13.2 Å². The van der Waals surface area contributed by atoms with Crippen LogP contribution in [0.15, 0.2) is 48.5 Å². The van der Waals surface area contributed by atoms with Gasteiger partial charge in [-0.15, -0.1) is 0 Å². The van der Waals surface area contributed by atoms with E-state index in [-0.39, 0.29) is 17.2 Å². The van der Waals surface area contributed by atoms with Crippen molar-refractivity contribution in [2.75, 3.05) is 11.0 Å². The molecule has 2 N–H and O–H groups in total. The Kier molecular flexibility index (Phi) is 3.87. The maximum absolute atomic E-state index is 12.7. The van der Waals surface area contributed by atoms with Crippen LogP contribution >= 0.6 is 11.6 Å². The van der Waals surface area contributed by atoms with E-state index in [1.807, 2.05) is 0 Å². The molecular formula is C16H13ClN2O3S. The van der Waals surface area contributed by atoms with Gasteiger partial charge in [0.2, 0.25) is 15.8 Å². The molecule has 0 fully saturated rings. The van der Waals surface area contributed by atoms with E-state index in [0.717, 1.165) is 6.26 Å². The van der Waals surface area contributed by atoms with Crippen LogP contribution in [0.3, 0.4) is 0 Å². The lowest BCUT2D eigenvalue weighted by Gasteiger charge is -2.06. The number of carbonyl (C=O) groups is 1. The van der Waals surface area contributed by atoms with Gasteiger partial charge in [0.05, 0.1) is 11.9 Å². The van der Waals surface area contributed by atoms with Crippen LogP contribution in [0.1, 0.15) is 16.1 Å². The molecule has 3 aromatic rings. The minimum atomic E-state index is -3.54. The minimum Gasteiger partial charge on any atom is -0.350 e. The third kappa shape index (κ3) is 3.23. The molecule has 0 bridgehead atoms. The second-order valence-electron chi connectivity index (χ2n) is 5.13. The van der Waals surface area contributed by atoms with Gasteiger partial charge in [0.25, 0.3) is 0 Å². The van der Waals surface area contributed by atoms with Gasteiger partial charge in [-0.05, 0) is 18.2 Å². The van der Waals surface area contributed by atoms with Crippen LogP contribution in [0.4, 0.5) is 5.69 Å². The van der Waals surface area contributed by atoms with Gasteiger partial charge in [-0.2, -0.15) is 0 Å². The van der Waals surface area contributed by atoms with E-state index in [2.05, 4.69) is 9.71 Å². The van der Waals surface area contributed by atoms with Crippen LogP contribution in [0.5, 0.6) is 0 Å². The number of sulfonamides is 1. The average Bonchev–Trinajstić information content (AvgIpc) is 2.83. The summed E-state index contributed by atoms with van der Waals surface area (Å²) in [6.45, 7) is 0. The monoisotopic (exact) mass is 348 g/mol. The van der Waals surface area contributed by atoms with Gasteiger partial charge in [-0.3, -0.25) is 9.52 Å². The lowest BCUT2D eigenvalue weighted by molar-refractivity contribution is 0.103. The first kappa shape index (κ1) is 15.6. The molecule has 0 spiro atoms. The van der Waals surface area contributed by atoms with Crippen LogP contribution in [-0.2, 0) is 10.0 Å². The Morgan fingerprint density at radius 2 is 1.83 bits per heavy atom. The summed E-state index contributed by atoms with van der Waals surface area (Å²) in [5.41, 5.74) is 1.46. The van der Waals surface area contributed by atoms with Crippen LogP contribution in [0, 0.1) is 0 Å². The number of aromatic nitrogens is 1. The molecule has 0 saturated heterocycles. The summed E-state index contributed by atoms with van der Waals surface area (Å²) >= 11 is 5.97. The SMILES string of the molecule is CS(=O)(=O)Nc1c(C(=O)c2ccccc2)[nH]c2cc(Cl)ccc12. The Balaban J connectivity index is 2.22. The Labute approximate surface area is 138 Å². The Morgan fingerprint density at radius 1 is 1.13 bits per heavy atom. The van der Waals surface area contributed by atoms with E-state index in [9.17, 15) is 13.2 Å². The van der Waals surface area contributed by atoms with Crippen molar-refractivity contribution in [1.82, 2.24) is 4.98 Å². The highest BCUT2D eigenvalue weighted by Gasteiger charge is 2.21. The van der Waals surface area contributed by atoms with Crippen LogP contribution in [0.2, 0.25) is 5.02 Å². The van der Waals surface area contributed by atoms with E-state index in [4.69, 9.17) is 11.6 Å². The quantitative estimate of drug-likeness (QED) is 0.709. The predicted molar refractivity (Wildman–Crippen MR) is 91.6 cm³/mol. The first-order valence-corrected chi connectivity index (χ1v) is 9.01. The third-order valence-electron chi connectivity index (χ3n) is 3.31. The zero-order valence-corrected chi connectivity index (χ0v) is 13.7. The van der Waals surface area contributed by atoms with Gasteiger partial charge >= 0.3 is 0 Å². The summed E-state index contributed by atoms with van der Waals surface area (Å²) in [7, 11) is -3.54. The van der Waals surface area contributed by atoms with E-state index in [0.29, 0.717) is 21.5 Å². The number of halogens is 1. The summed E-state index contributed by atoms with van der Waals surface area (Å²) in [6, 6.07) is 13.6. The molecule has 0 radical (unpaired) electrons. The molecule has 5 nitrogen and oxygen atoms in total. The number of anilines is 1. The van der Waals surface area contributed by atoms with Crippen molar-refractivity contribution in [2.24, 2.45) is 0 Å². The molecule has 0 unspecified atom stereocenters. The zero-order chi connectivity index (χ0) is 16.6. The number of H-pyrrole nitrogens is 1. The average molecular weight is 349 g/mol. The molecule has 1 heterocycles. The molecular weight excluding hydrogens is 336 g/mol. The number of fused-ring (bicyclic) bond motifs is 1. The predicted octanol–water partition coefficient (Wildman–Crippen LogP) is 3.42. The van der Waals surface area contributed by atoms with Crippen molar-refractivity contribution in [3.63, 3.8) is 0 Å². The Bertz CT molecular complexity index is 995. The van der Waals surface area contributed by atoms with Crippen molar-refractivity contribution in [2.45, 2.75) is 0 Å². The Hall–Kier alpha value is -2.31. The number of hydrogen-bond donors (Lipinski definition) is 2. The molecule has 0 aliphatic rings. The molecule has 118 valence electrons. The van der Waals surface area contributed by atoms with Gasteiger partial charge in [-0.25, -0.2) is 8.42 Å². The zero-order valence-electron chi connectivity index (χ0n) is 12.1. The largest absolute Gasteiger partial charge is 0.350 e. The summed E-state index contributed by atoms with van der Waals surface area (Å²) in [6.07, 6.45) is 1.04. The fourth-order valence-electron chi connectivity index (χ4n) is 2.37. The Morgan fingerprint density at radius 3 is 2.48 bits per heavy atom. The minimum absolute atomic E-state index is 0.180. The molecule has 7 heteroatoms. The molecule has 0 aliphatic heterocycles. The highest BCUT2D eigenvalue weighted by Crippen LogP contribution is 2.31. The van der Waals surface area contributed by atoms with Crippen molar-refractivity contribution >= 4 is 44.0 Å². The van der Waals surface area contributed by atoms with Crippen LogP contribution in [-0.4, -0.2) is 25.4 Å². The van der Waals surface area contributed by atoms with Gasteiger partial charge in [-0.1, -0.05) is 41.9 Å². The highest BCUT2D eigenvalue weighted by atomic mass is 35.5. The van der Waals surface area contributed by atoms with Crippen LogP contribution < -0.4 is 4.72 Å². The van der Waals surface area contributed by atoms with Gasteiger partial charge in [0.15, 0.2) is 0 Å². The normalized spacial score (nSPS) is 11.6. The fraction of sp³-hybridized carbons (Fsp3) is 0.0625. The topological polar surface area (TPSA) is 79.0 Å². The maximum Gasteiger partial charge on any atom is 0.229 e. The van der Waals surface area contributed by atoms with Crippen LogP contribution in [0.25, 0.3) is 10.9 Å². The summed E-state index contributed by atoms with van der Waals surface area (Å²) < 4.78 is 25.7. The molecule has 0 atom stereocenters. The third-order valence-corrected chi connectivity index (χ3v) is 4.12. The van der Waals surface area contributed by atoms with E-state index in [1.165, 1.54) is 0 Å². The first-order chi connectivity index (χ1) is 10.8. The number of ketones is 1. The number of hydrogen-bond acceptors (Lipinski definition) is 3.